The van der Waals surface area contributed by atoms with Crippen molar-refractivity contribution in [1.82, 2.24) is 5.32 Å². The fourth-order valence-corrected chi connectivity index (χ4v) is 2.61. The van der Waals surface area contributed by atoms with Gasteiger partial charge in [-0.25, -0.2) is 0 Å². The molecular weight excluding hydrogens is 226 g/mol. The number of rotatable bonds is 8. The summed E-state index contributed by atoms with van der Waals surface area (Å²) in [6.45, 7) is 6.38. The molecule has 0 saturated heterocycles. The lowest BCUT2D eigenvalue weighted by Gasteiger charge is -2.24. The summed E-state index contributed by atoms with van der Waals surface area (Å²) >= 11 is 0. The van der Waals surface area contributed by atoms with Crippen LogP contribution in [-0.2, 0) is 4.74 Å². The molecule has 1 saturated carbocycles. The second-order valence-electron chi connectivity index (χ2n) is 5.71. The third-order valence-electron chi connectivity index (χ3n) is 3.93. The van der Waals surface area contributed by atoms with Crippen LogP contribution in [0.1, 0.15) is 58.8 Å². The quantitative estimate of drug-likeness (QED) is 0.519. The van der Waals surface area contributed by atoms with Crippen LogP contribution in [-0.4, -0.2) is 37.0 Å². The zero-order valence-electron chi connectivity index (χ0n) is 12.2. The molecule has 0 spiro atoms. The normalized spacial score (nSPS) is 26.8. The predicted octanol–water partition coefficient (Wildman–Crippen LogP) is 2.72. The fourth-order valence-electron chi connectivity index (χ4n) is 2.61. The Morgan fingerprint density at radius 2 is 2.06 bits per heavy atom. The van der Waals surface area contributed by atoms with Gasteiger partial charge >= 0.3 is 0 Å². The molecule has 0 heterocycles. The molecule has 1 rings (SSSR count). The van der Waals surface area contributed by atoms with Crippen LogP contribution in [0.5, 0.6) is 0 Å². The third kappa shape index (κ3) is 6.72. The highest BCUT2D eigenvalue weighted by Crippen LogP contribution is 2.22. The van der Waals surface area contributed by atoms with Crippen molar-refractivity contribution in [3.8, 4) is 0 Å². The van der Waals surface area contributed by atoms with Crippen molar-refractivity contribution in [3.05, 3.63) is 0 Å². The minimum atomic E-state index is -0.364. The summed E-state index contributed by atoms with van der Waals surface area (Å²) < 4.78 is 5.44. The Morgan fingerprint density at radius 3 is 2.83 bits per heavy atom. The van der Waals surface area contributed by atoms with E-state index < -0.39 is 0 Å². The molecule has 108 valence electrons. The standard InChI is InChI=1S/C15H31NO2/c1-3-4-10-18-12-14(17)11-16-15-9-7-5-6-8-13(15)2/h13-17H,3-12H2,1-2H3. The molecule has 1 fully saturated rings. The van der Waals surface area contributed by atoms with Crippen LogP contribution >= 0.6 is 0 Å². The first-order valence-electron chi connectivity index (χ1n) is 7.73. The highest BCUT2D eigenvalue weighted by molar-refractivity contribution is 4.77. The molecule has 0 aromatic rings. The second-order valence-corrected chi connectivity index (χ2v) is 5.71. The Balaban J connectivity index is 2.10. The van der Waals surface area contributed by atoms with E-state index in [1.54, 1.807) is 0 Å². The van der Waals surface area contributed by atoms with Crippen LogP contribution in [0.3, 0.4) is 0 Å². The molecule has 18 heavy (non-hydrogen) atoms. The molecule has 1 aliphatic carbocycles. The van der Waals surface area contributed by atoms with Gasteiger partial charge in [0.25, 0.3) is 0 Å². The van der Waals surface area contributed by atoms with Gasteiger partial charge in [0.15, 0.2) is 0 Å². The third-order valence-corrected chi connectivity index (χ3v) is 3.93. The summed E-state index contributed by atoms with van der Waals surface area (Å²) in [7, 11) is 0. The SMILES string of the molecule is CCCCOCC(O)CNC1CCCCCC1C. The second kappa shape index (κ2) is 9.76. The van der Waals surface area contributed by atoms with Gasteiger partial charge in [0, 0.05) is 19.2 Å². The van der Waals surface area contributed by atoms with Gasteiger partial charge in [0.05, 0.1) is 12.7 Å². The smallest absolute Gasteiger partial charge is 0.0897 e. The topological polar surface area (TPSA) is 41.5 Å². The molecule has 3 nitrogen and oxygen atoms in total. The fraction of sp³-hybridized carbons (Fsp3) is 1.00. The maximum Gasteiger partial charge on any atom is 0.0897 e. The first kappa shape index (κ1) is 15.9. The van der Waals surface area contributed by atoms with Crippen molar-refractivity contribution in [2.45, 2.75) is 70.9 Å². The summed E-state index contributed by atoms with van der Waals surface area (Å²) in [5, 5.41) is 13.4. The van der Waals surface area contributed by atoms with Crippen LogP contribution < -0.4 is 5.32 Å². The van der Waals surface area contributed by atoms with E-state index in [2.05, 4.69) is 19.2 Å². The maximum absolute atomic E-state index is 9.85. The predicted molar refractivity (Wildman–Crippen MR) is 75.8 cm³/mol. The molecular formula is C15H31NO2. The van der Waals surface area contributed by atoms with Crippen LogP contribution in [0, 0.1) is 5.92 Å². The average molecular weight is 257 g/mol. The summed E-state index contributed by atoms with van der Waals surface area (Å²) in [6, 6.07) is 0.581. The molecule has 2 N–H and O–H groups in total. The molecule has 3 unspecified atom stereocenters. The highest BCUT2D eigenvalue weighted by Gasteiger charge is 2.20. The Morgan fingerprint density at radius 1 is 1.28 bits per heavy atom. The molecule has 0 bridgehead atoms. The summed E-state index contributed by atoms with van der Waals surface area (Å²) in [5.74, 6) is 0.737. The molecule has 0 aromatic heterocycles. The molecule has 0 radical (unpaired) electrons. The number of aliphatic hydroxyl groups excluding tert-OH is 1. The summed E-state index contributed by atoms with van der Waals surface area (Å²) in [5.41, 5.74) is 0. The van der Waals surface area contributed by atoms with Crippen LogP contribution in [0.25, 0.3) is 0 Å². The average Bonchev–Trinajstić information content (AvgIpc) is 2.57. The van der Waals surface area contributed by atoms with E-state index in [-0.39, 0.29) is 6.10 Å². The van der Waals surface area contributed by atoms with E-state index in [1.165, 1.54) is 32.1 Å². The van der Waals surface area contributed by atoms with Gasteiger partial charge in [-0.15, -0.1) is 0 Å². The number of ether oxygens (including phenoxy) is 1. The number of hydrogen-bond acceptors (Lipinski definition) is 3. The van der Waals surface area contributed by atoms with Crippen molar-refractivity contribution in [2.75, 3.05) is 19.8 Å². The van der Waals surface area contributed by atoms with Gasteiger partial charge in [0.1, 0.15) is 0 Å². The number of hydrogen-bond donors (Lipinski definition) is 2. The summed E-state index contributed by atoms with van der Waals surface area (Å²) in [4.78, 5) is 0. The van der Waals surface area contributed by atoms with Crippen molar-refractivity contribution in [1.29, 1.82) is 0 Å². The minimum absolute atomic E-state index is 0.364. The Labute approximate surface area is 112 Å². The molecule has 0 amide bonds. The lowest BCUT2D eigenvalue weighted by molar-refractivity contribution is 0.0335. The van der Waals surface area contributed by atoms with Crippen LogP contribution in [0.15, 0.2) is 0 Å². The lowest BCUT2D eigenvalue weighted by Crippen LogP contribution is -2.40. The van der Waals surface area contributed by atoms with Crippen molar-refractivity contribution in [2.24, 2.45) is 5.92 Å². The number of aliphatic hydroxyl groups is 1. The zero-order chi connectivity index (χ0) is 13.2. The minimum Gasteiger partial charge on any atom is -0.389 e. The number of nitrogens with one attached hydrogen (secondary N) is 1. The van der Waals surface area contributed by atoms with E-state index in [0.717, 1.165) is 25.4 Å². The molecule has 1 aliphatic rings. The van der Waals surface area contributed by atoms with E-state index in [4.69, 9.17) is 4.74 Å². The molecule has 3 atom stereocenters. The molecule has 0 aromatic carbocycles. The van der Waals surface area contributed by atoms with Crippen LogP contribution in [0.4, 0.5) is 0 Å². The van der Waals surface area contributed by atoms with Crippen molar-refractivity contribution in [3.63, 3.8) is 0 Å². The van der Waals surface area contributed by atoms with E-state index in [9.17, 15) is 5.11 Å². The maximum atomic E-state index is 9.85. The van der Waals surface area contributed by atoms with E-state index in [0.29, 0.717) is 19.2 Å². The Hall–Kier alpha value is -0.120. The Bertz CT molecular complexity index is 199. The largest absolute Gasteiger partial charge is 0.389 e. The van der Waals surface area contributed by atoms with Crippen molar-refractivity contribution < 1.29 is 9.84 Å². The lowest BCUT2D eigenvalue weighted by atomic mass is 9.97. The summed E-state index contributed by atoms with van der Waals surface area (Å²) in [6.07, 6.45) is 8.49. The molecule has 0 aliphatic heterocycles. The zero-order valence-corrected chi connectivity index (χ0v) is 12.2. The van der Waals surface area contributed by atoms with E-state index >= 15 is 0 Å². The van der Waals surface area contributed by atoms with E-state index in [1.807, 2.05) is 0 Å². The molecule has 3 heteroatoms. The van der Waals surface area contributed by atoms with Gasteiger partial charge in [-0.05, 0) is 25.2 Å². The van der Waals surface area contributed by atoms with Crippen molar-refractivity contribution >= 4 is 0 Å². The van der Waals surface area contributed by atoms with Gasteiger partial charge < -0.3 is 15.2 Å². The Kier molecular flexibility index (Phi) is 8.64. The number of unbranched alkanes of at least 4 members (excludes halogenated alkanes) is 1. The van der Waals surface area contributed by atoms with Gasteiger partial charge in [0.2, 0.25) is 0 Å². The van der Waals surface area contributed by atoms with Crippen LogP contribution in [0.2, 0.25) is 0 Å². The van der Waals surface area contributed by atoms with Gasteiger partial charge in [-0.2, -0.15) is 0 Å². The van der Waals surface area contributed by atoms with Gasteiger partial charge in [-0.1, -0.05) is 39.5 Å². The van der Waals surface area contributed by atoms with Gasteiger partial charge in [-0.3, -0.25) is 0 Å². The highest BCUT2D eigenvalue weighted by atomic mass is 16.5. The monoisotopic (exact) mass is 257 g/mol. The first-order valence-corrected chi connectivity index (χ1v) is 7.73. The first-order chi connectivity index (χ1) is 8.74.